The first-order valence-electron chi connectivity index (χ1n) is 7.17. The van der Waals surface area contributed by atoms with E-state index in [1.54, 1.807) is 11.1 Å². The summed E-state index contributed by atoms with van der Waals surface area (Å²) < 4.78 is 5.54. The minimum absolute atomic E-state index is 0.0694. The lowest BCUT2D eigenvalue weighted by Crippen LogP contribution is -2.36. The quantitative estimate of drug-likeness (QED) is 0.905. The Bertz CT molecular complexity index is 435. The minimum Gasteiger partial charge on any atom is -0.377 e. The van der Waals surface area contributed by atoms with E-state index < -0.39 is 0 Å². The standard InChI is InChI=1S/C14H22N4O2/c1-3-5-15-13-9-16-12(8-17-13)14(19)18-6-4-7-20-11(2)10-18/h8-9,11H,3-7,10H2,1-2H3,(H,15,17). The summed E-state index contributed by atoms with van der Waals surface area (Å²) in [6.45, 7) is 6.94. The van der Waals surface area contributed by atoms with Crippen LogP contribution in [-0.2, 0) is 4.74 Å². The lowest BCUT2D eigenvalue weighted by atomic mass is 10.3. The Kier molecular flexibility index (Phi) is 5.29. The van der Waals surface area contributed by atoms with Gasteiger partial charge < -0.3 is 15.0 Å². The van der Waals surface area contributed by atoms with Crippen LogP contribution in [0.2, 0.25) is 0 Å². The number of hydrogen-bond acceptors (Lipinski definition) is 5. The van der Waals surface area contributed by atoms with E-state index in [4.69, 9.17) is 4.74 Å². The maximum absolute atomic E-state index is 12.4. The molecule has 1 fully saturated rings. The number of hydrogen-bond donors (Lipinski definition) is 1. The molecule has 1 aromatic heterocycles. The Morgan fingerprint density at radius 2 is 2.35 bits per heavy atom. The summed E-state index contributed by atoms with van der Waals surface area (Å²) in [7, 11) is 0. The fourth-order valence-electron chi connectivity index (χ4n) is 2.12. The Hall–Kier alpha value is -1.69. The largest absolute Gasteiger partial charge is 0.377 e. The van der Waals surface area contributed by atoms with Crippen molar-refractivity contribution in [2.24, 2.45) is 0 Å². The topological polar surface area (TPSA) is 67.4 Å². The molecule has 1 atom stereocenters. The normalized spacial score (nSPS) is 19.5. The van der Waals surface area contributed by atoms with E-state index in [2.05, 4.69) is 22.2 Å². The number of amides is 1. The second kappa shape index (κ2) is 7.19. The lowest BCUT2D eigenvalue weighted by Gasteiger charge is -2.21. The highest BCUT2D eigenvalue weighted by Crippen LogP contribution is 2.10. The van der Waals surface area contributed by atoms with Crippen LogP contribution in [-0.4, -0.2) is 53.1 Å². The van der Waals surface area contributed by atoms with Crippen molar-refractivity contribution in [3.8, 4) is 0 Å². The molecular weight excluding hydrogens is 256 g/mol. The molecule has 2 heterocycles. The molecule has 1 saturated heterocycles. The van der Waals surface area contributed by atoms with E-state index in [9.17, 15) is 4.79 Å². The van der Waals surface area contributed by atoms with Gasteiger partial charge in [-0.1, -0.05) is 6.92 Å². The van der Waals surface area contributed by atoms with Crippen molar-refractivity contribution >= 4 is 11.7 Å². The molecule has 0 saturated carbocycles. The summed E-state index contributed by atoms with van der Waals surface area (Å²) >= 11 is 0. The second-order valence-electron chi connectivity index (χ2n) is 5.00. The highest BCUT2D eigenvalue weighted by molar-refractivity contribution is 5.92. The van der Waals surface area contributed by atoms with Gasteiger partial charge in [-0.05, 0) is 19.8 Å². The van der Waals surface area contributed by atoms with E-state index in [1.165, 1.54) is 6.20 Å². The van der Waals surface area contributed by atoms with Crippen LogP contribution in [0.4, 0.5) is 5.82 Å². The number of anilines is 1. The van der Waals surface area contributed by atoms with E-state index in [0.717, 1.165) is 19.4 Å². The Morgan fingerprint density at radius 3 is 3.05 bits per heavy atom. The van der Waals surface area contributed by atoms with Crippen molar-refractivity contribution in [3.05, 3.63) is 18.1 Å². The summed E-state index contributed by atoms with van der Waals surface area (Å²) in [5, 5.41) is 3.14. The van der Waals surface area contributed by atoms with Gasteiger partial charge in [0, 0.05) is 26.2 Å². The van der Waals surface area contributed by atoms with Crippen LogP contribution in [0.3, 0.4) is 0 Å². The summed E-state index contributed by atoms with van der Waals surface area (Å²) in [6.07, 6.45) is 5.10. The van der Waals surface area contributed by atoms with Gasteiger partial charge in [-0.3, -0.25) is 4.79 Å². The van der Waals surface area contributed by atoms with Crippen LogP contribution in [0.25, 0.3) is 0 Å². The van der Waals surface area contributed by atoms with Gasteiger partial charge in [0.1, 0.15) is 11.5 Å². The predicted molar refractivity (Wildman–Crippen MR) is 76.7 cm³/mol. The number of carbonyl (C=O) groups is 1. The fourth-order valence-corrected chi connectivity index (χ4v) is 2.12. The lowest BCUT2D eigenvalue weighted by molar-refractivity contribution is 0.0559. The summed E-state index contributed by atoms with van der Waals surface area (Å²) in [5.74, 6) is 0.632. The summed E-state index contributed by atoms with van der Waals surface area (Å²) in [6, 6.07) is 0. The van der Waals surface area contributed by atoms with Crippen LogP contribution in [0.1, 0.15) is 37.2 Å². The Labute approximate surface area is 119 Å². The molecule has 110 valence electrons. The van der Waals surface area contributed by atoms with E-state index in [0.29, 0.717) is 31.2 Å². The monoisotopic (exact) mass is 278 g/mol. The number of aromatic nitrogens is 2. The Morgan fingerprint density at radius 1 is 1.50 bits per heavy atom. The highest BCUT2D eigenvalue weighted by Gasteiger charge is 2.22. The summed E-state index contributed by atoms with van der Waals surface area (Å²) in [4.78, 5) is 22.6. The molecule has 2 rings (SSSR count). The van der Waals surface area contributed by atoms with E-state index in [1.807, 2.05) is 6.92 Å². The van der Waals surface area contributed by atoms with Gasteiger partial charge in [0.2, 0.25) is 0 Å². The van der Waals surface area contributed by atoms with Crippen LogP contribution < -0.4 is 5.32 Å². The van der Waals surface area contributed by atoms with Crippen molar-refractivity contribution in [1.29, 1.82) is 0 Å². The molecule has 1 aliphatic rings. The number of nitrogens with zero attached hydrogens (tertiary/aromatic N) is 3. The van der Waals surface area contributed by atoms with Crippen LogP contribution in [0.5, 0.6) is 0 Å². The molecular formula is C14H22N4O2. The number of nitrogens with one attached hydrogen (secondary N) is 1. The molecule has 0 spiro atoms. The first-order chi connectivity index (χ1) is 9.70. The summed E-state index contributed by atoms with van der Waals surface area (Å²) in [5.41, 5.74) is 0.390. The van der Waals surface area contributed by atoms with Gasteiger partial charge in [-0.25, -0.2) is 9.97 Å². The molecule has 1 aliphatic heterocycles. The molecule has 1 N–H and O–H groups in total. The molecule has 6 nitrogen and oxygen atoms in total. The predicted octanol–water partition coefficient (Wildman–Crippen LogP) is 1.55. The van der Waals surface area contributed by atoms with Crippen molar-refractivity contribution in [2.45, 2.75) is 32.8 Å². The van der Waals surface area contributed by atoms with Crippen LogP contribution in [0.15, 0.2) is 12.4 Å². The number of ether oxygens (including phenoxy) is 1. The fraction of sp³-hybridized carbons (Fsp3) is 0.643. The Balaban J connectivity index is 2.00. The third-order valence-electron chi connectivity index (χ3n) is 3.17. The first kappa shape index (κ1) is 14.7. The van der Waals surface area contributed by atoms with Gasteiger partial charge in [0.05, 0.1) is 18.5 Å². The van der Waals surface area contributed by atoms with E-state index >= 15 is 0 Å². The number of rotatable bonds is 4. The molecule has 0 aliphatic carbocycles. The molecule has 1 amide bonds. The van der Waals surface area contributed by atoms with Crippen molar-refractivity contribution < 1.29 is 9.53 Å². The zero-order chi connectivity index (χ0) is 14.4. The van der Waals surface area contributed by atoms with Gasteiger partial charge in [0.25, 0.3) is 5.91 Å². The van der Waals surface area contributed by atoms with Gasteiger partial charge in [-0.15, -0.1) is 0 Å². The average Bonchev–Trinajstić information content (AvgIpc) is 2.69. The van der Waals surface area contributed by atoms with Crippen LogP contribution >= 0.6 is 0 Å². The van der Waals surface area contributed by atoms with Gasteiger partial charge >= 0.3 is 0 Å². The zero-order valence-electron chi connectivity index (χ0n) is 12.1. The van der Waals surface area contributed by atoms with Crippen LogP contribution in [0, 0.1) is 0 Å². The molecule has 6 heteroatoms. The highest BCUT2D eigenvalue weighted by atomic mass is 16.5. The molecule has 20 heavy (non-hydrogen) atoms. The van der Waals surface area contributed by atoms with Gasteiger partial charge in [-0.2, -0.15) is 0 Å². The second-order valence-corrected chi connectivity index (χ2v) is 5.00. The SMILES string of the molecule is CCCNc1cnc(C(=O)N2CCCOC(C)C2)cn1. The molecule has 0 aromatic carbocycles. The van der Waals surface area contributed by atoms with Gasteiger partial charge in [0.15, 0.2) is 0 Å². The smallest absolute Gasteiger partial charge is 0.274 e. The maximum atomic E-state index is 12.4. The minimum atomic E-state index is -0.0723. The zero-order valence-corrected chi connectivity index (χ0v) is 12.1. The average molecular weight is 278 g/mol. The molecule has 0 radical (unpaired) electrons. The molecule has 1 aromatic rings. The van der Waals surface area contributed by atoms with Crippen molar-refractivity contribution in [2.75, 3.05) is 31.6 Å². The third kappa shape index (κ3) is 3.90. The van der Waals surface area contributed by atoms with Crippen molar-refractivity contribution in [1.82, 2.24) is 14.9 Å². The maximum Gasteiger partial charge on any atom is 0.274 e. The van der Waals surface area contributed by atoms with Crippen molar-refractivity contribution in [3.63, 3.8) is 0 Å². The first-order valence-corrected chi connectivity index (χ1v) is 7.17. The van der Waals surface area contributed by atoms with E-state index in [-0.39, 0.29) is 12.0 Å². The molecule has 1 unspecified atom stereocenters. The number of carbonyl (C=O) groups excluding carboxylic acids is 1. The molecule has 0 bridgehead atoms. The third-order valence-corrected chi connectivity index (χ3v) is 3.17.